The van der Waals surface area contributed by atoms with Crippen molar-refractivity contribution in [3.63, 3.8) is 0 Å². The van der Waals surface area contributed by atoms with E-state index in [4.69, 9.17) is 10.5 Å². The summed E-state index contributed by atoms with van der Waals surface area (Å²) in [5.74, 6) is 0.999. The topological polar surface area (TPSA) is 38.5 Å². The molecule has 19 heavy (non-hydrogen) atoms. The second kappa shape index (κ2) is 7.88. The molecular weight excluding hydrogens is 304 g/mol. The molecule has 0 spiro atoms. The molecule has 1 aromatic carbocycles. The highest BCUT2D eigenvalue weighted by Crippen LogP contribution is 2.29. The van der Waals surface area contributed by atoms with Crippen LogP contribution in [0.3, 0.4) is 0 Å². The van der Waals surface area contributed by atoms with E-state index < -0.39 is 0 Å². The molecule has 3 nitrogen and oxygen atoms in total. The zero-order valence-electron chi connectivity index (χ0n) is 12.4. The van der Waals surface area contributed by atoms with E-state index in [9.17, 15) is 0 Å². The Labute approximate surface area is 125 Å². The van der Waals surface area contributed by atoms with Gasteiger partial charge in [-0.2, -0.15) is 0 Å². The summed E-state index contributed by atoms with van der Waals surface area (Å²) in [6.07, 6.45) is 1.86. The molecule has 1 atom stereocenters. The summed E-state index contributed by atoms with van der Waals surface area (Å²) in [7, 11) is 4.15. The highest BCUT2D eigenvalue weighted by Gasteiger charge is 2.11. The van der Waals surface area contributed by atoms with Crippen LogP contribution in [0.1, 0.15) is 24.5 Å². The second-order valence-corrected chi connectivity index (χ2v) is 6.31. The SMILES string of the molecule is Cc1cc(Br)cc(CC(C)N)c1OCCCN(C)C. The summed E-state index contributed by atoms with van der Waals surface area (Å²) in [5.41, 5.74) is 8.26. The van der Waals surface area contributed by atoms with E-state index in [2.05, 4.69) is 54.0 Å². The molecule has 0 fully saturated rings. The Hall–Kier alpha value is -0.580. The monoisotopic (exact) mass is 328 g/mol. The molecule has 0 aliphatic rings. The lowest BCUT2D eigenvalue weighted by Gasteiger charge is -2.17. The van der Waals surface area contributed by atoms with Gasteiger partial charge in [0.1, 0.15) is 5.75 Å². The average molecular weight is 329 g/mol. The van der Waals surface area contributed by atoms with Gasteiger partial charge in [0, 0.05) is 17.1 Å². The fourth-order valence-electron chi connectivity index (χ4n) is 2.06. The van der Waals surface area contributed by atoms with Crippen molar-refractivity contribution in [3.05, 3.63) is 27.7 Å². The molecule has 1 rings (SSSR count). The van der Waals surface area contributed by atoms with Gasteiger partial charge in [0.2, 0.25) is 0 Å². The molecule has 0 bridgehead atoms. The first-order chi connectivity index (χ1) is 8.90. The van der Waals surface area contributed by atoms with E-state index in [1.807, 2.05) is 6.92 Å². The predicted octanol–water partition coefficient (Wildman–Crippen LogP) is 2.98. The van der Waals surface area contributed by atoms with Crippen molar-refractivity contribution in [1.29, 1.82) is 0 Å². The van der Waals surface area contributed by atoms with E-state index in [1.54, 1.807) is 0 Å². The molecule has 108 valence electrons. The molecule has 1 unspecified atom stereocenters. The molecule has 0 aliphatic carbocycles. The number of hydrogen-bond acceptors (Lipinski definition) is 3. The van der Waals surface area contributed by atoms with Gasteiger partial charge in [-0.15, -0.1) is 0 Å². The van der Waals surface area contributed by atoms with Gasteiger partial charge >= 0.3 is 0 Å². The number of ether oxygens (including phenoxy) is 1. The van der Waals surface area contributed by atoms with Crippen molar-refractivity contribution >= 4 is 15.9 Å². The highest BCUT2D eigenvalue weighted by molar-refractivity contribution is 9.10. The smallest absolute Gasteiger partial charge is 0.125 e. The van der Waals surface area contributed by atoms with Crippen LogP contribution in [-0.2, 0) is 6.42 Å². The Bertz CT molecular complexity index is 405. The van der Waals surface area contributed by atoms with Crippen molar-refractivity contribution in [2.75, 3.05) is 27.2 Å². The molecule has 2 N–H and O–H groups in total. The minimum atomic E-state index is 0.137. The number of nitrogens with two attached hydrogens (primary N) is 1. The number of aryl methyl sites for hydroxylation is 1. The van der Waals surface area contributed by atoms with Crippen LogP contribution in [-0.4, -0.2) is 38.2 Å². The largest absolute Gasteiger partial charge is 0.493 e. The molecule has 0 amide bonds. The van der Waals surface area contributed by atoms with Crippen molar-refractivity contribution in [2.24, 2.45) is 5.73 Å². The molecule has 4 heteroatoms. The Morgan fingerprint density at radius 2 is 2.05 bits per heavy atom. The first-order valence-electron chi connectivity index (χ1n) is 6.72. The highest BCUT2D eigenvalue weighted by atomic mass is 79.9. The predicted molar refractivity (Wildman–Crippen MR) is 84.9 cm³/mol. The first kappa shape index (κ1) is 16.5. The van der Waals surface area contributed by atoms with E-state index >= 15 is 0 Å². The van der Waals surface area contributed by atoms with Crippen molar-refractivity contribution in [1.82, 2.24) is 4.90 Å². The lowest BCUT2D eigenvalue weighted by molar-refractivity contribution is 0.277. The number of hydrogen-bond donors (Lipinski definition) is 1. The molecule has 0 aliphatic heterocycles. The Morgan fingerprint density at radius 3 is 2.63 bits per heavy atom. The summed E-state index contributed by atoms with van der Waals surface area (Å²) in [6, 6.07) is 4.33. The summed E-state index contributed by atoms with van der Waals surface area (Å²) in [4.78, 5) is 2.17. The Balaban J connectivity index is 2.74. The zero-order valence-corrected chi connectivity index (χ0v) is 14.0. The van der Waals surface area contributed by atoms with Crippen molar-refractivity contribution < 1.29 is 4.74 Å². The van der Waals surface area contributed by atoms with E-state index in [1.165, 1.54) is 5.56 Å². The quantitative estimate of drug-likeness (QED) is 0.782. The van der Waals surface area contributed by atoms with Crippen LogP contribution in [0, 0.1) is 6.92 Å². The summed E-state index contributed by atoms with van der Waals surface area (Å²) in [6.45, 7) is 5.88. The minimum Gasteiger partial charge on any atom is -0.493 e. The van der Waals surface area contributed by atoms with Gasteiger partial charge in [-0.25, -0.2) is 0 Å². The van der Waals surface area contributed by atoms with E-state index in [0.29, 0.717) is 0 Å². The molecule has 1 aromatic rings. The minimum absolute atomic E-state index is 0.137. The van der Waals surface area contributed by atoms with Gasteiger partial charge in [0.15, 0.2) is 0 Å². The van der Waals surface area contributed by atoms with Gasteiger partial charge in [-0.1, -0.05) is 15.9 Å². The van der Waals surface area contributed by atoms with Gasteiger partial charge in [0.25, 0.3) is 0 Å². The number of rotatable bonds is 7. The fourth-order valence-corrected chi connectivity index (χ4v) is 2.68. The van der Waals surface area contributed by atoms with Crippen LogP contribution in [0.15, 0.2) is 16.6 Å². The second-order valence-electron chi connectivity index (χ2n) is 5.40. The van der Waals surface area contributed by atoms with Crippen LogP contribution in [0.25, 0.3) is 0 Å². The van der Waals surface area contributed by atoms with Crippen molar-refractivity contribution in [3.8, 4) is 5.75 Å². The summed E-state index contributed by atoms with van der Waals surface area (Å²) >= 11 is 3.53. The van der Waals surface area contributed by atoms with Crippen LogP contribution in [0.5, 0.6) is 5.75 Å². The Morgan fingerprint density at radius 1 is 1.37 bits per heavy atom. The molecule has 0 heterocycles. The van der Waals surface area contributed by atoms with Gasteiger partial charge in [-0.3, -0.25) is 0 Å². The molecule has 0 saturated heterocycles. The van der Waals surface area contributed by atoms with Crippen LogP contribution >= 0.6 is 15.9 Å². The standard InChI is InChI=1S/C15H25BrN2O/c1-11-8-14(16)10-13(9-12(2)17)15(11)19-7-5-6-18(3)4/h8,10,12H,5-7,9,17H2,1-4H3. The zero-order chi connectivity index (χ0) is 14.4. The first-order valence-corrected chi connectivity index (χ1v) is 7.51. The molecular formula is C15H25BrN2O. The van der Waals surface area contributed by atoms with Crippen molar-refractivity contribution in [2.45, 2.75) is 32.7 Å². The van der Waals surface area contributed by atoms with Crippen LogP contribution < -0.4 is 10.5 Å². The third-order valence-electron chi connectivity index (χ3n) is 2.85. The number of benzene rings is 1. The normalized spacial score (nSPS) is 12.8. The Kier molecular flexibility index (Phi) is 6.83. The third-order valence-corrected chi connectivity index (χ3v) is 3.31. The maximum Gasteiger partial charge on any atom is 0.125 e. The number of nitrogens with zero attached hydrogens (tertiary/aromatic N) is 1. The van der Waals surface area contributed by atoms with Gasteiger partial charge in [-0.05, 0) is 64.0 Å². The number of halogens is 1. The molecule has 0 radical (unpaired) electrons. The van der Waals surface area contributed by atoms with Crippen LogP contribution in [0.2, 0.25) is 0 Å². The van der Waals surface area contributed by atoms with Gasteiger partial charge < -0.3 is 15.4 Å². The van der Waals surface area contributed by atoms with E-state index in [-0.39, 0.29) is 6.04 Å². The maximum atomic E-state index is 5.97. The van der Waals surface area contributed by atoms with Crippen LogP contribution in [0.4, 0.5) is 0 Å². The lowest BCUT2D eigenvalue weighted by Crippen LogP contribution is -2.19. The molecule has 0 aromatic heterocycles. The average Bonchev–Trinajstić information content (AvgIpc) is 2.25. The van der Waals surface area contributed by atoms with E-state index in [0.717, 1.165) is 41.8 Å². The summed E-state index contributed by atoms with van der Waals surface area (Å²) < 4.78 is 7.06. The molecule has 0 saturated carbocycles. The third kappa shape index (κ3) is 5.93. The summed E-state index contributed by atoms with van der Waals surface area (Å²) in [5, 5.41) is 0. The maximum absolute atomic E-state index is 5.97. The fraction of sp³-hybridized carbons (Fsp3) is 0.600. The lowest BCUT2D eigenvalue weighted by atomic mass is 10.0. The van der Waals surface area contributed by atoms with Gasteiger partial charge in [0.05, 0.1) is 6.61 Å².